The summed E-state index contributed by atoms with van der Waals surface area (Å²) in [6.07, 6.45) is 0. The lowest BCUT2D eigenvalue weighted by Gasteiger charge is -2.08. The van der Waals surface area contributed by atoms with Gasteiger partial charge in [-0.15, -0.1) is 0 Å². The molecule has 2 aromatic carbocycles. The van der Waals surface area contributed by atoms with Crippen LogP contribution in [-0.4, -0.2) is 12.3 Å². The van der Waals surface area contributed by atoms with E-state index in [1.807, 2.05) is 32.0 Å². The van der Waals surface area contributed by atoms with Crippen LogP contribution in [-0.2, 0) is 0 Å². The molecule has 0 aliphatic heterocycles. The first kappa shape index (κ1) is 13.3. The van der Waals surface area contributed by atoms with Crippen LogP contribution in [0.25, 0.3) is 0 Å². The van der Waals surface area contributed by atoms with E-state index in [0.29, 0.717) is 0 Å². The van der Waals surface area contributed by atoms with Crippen LogP contribution in [0.15, 0.2) is 42.5 Å². The lowest BCUT2D eigenvalue weighted by Crippen LogP contribution is -2.15. The Labute approximate surface area is 112 Å². The van der Waals surface area contributed by atoms with Gasteiger partial charge in [-0.05, 0) is 49.7 Å². The second-order valence-corrected chi connectivity index (χ2v) is 4.60. The molecule has 0 aromatic heterocycles. The molecule has 1 N–H and O–H groups in total. The second-order valence-electron chi connectivity index (χ2n) is 4.60. The minimum Gasteiger partial charge on any atom is -0.378 e. The van der Waals surface area contributed by atoms with Crippen molar-refractivity contribution in [3.63, 3.8) is 0 Å². The summed E-state index contributed by atoms with van der Waals surface area (Å²) in [5.41, 5.74) is 3.50. The number of halogens is 1. The number of carbonyl (C=O) groups is 1. The number of carbonyl (C=O) groups excluding carboxylic acids is 1. The summed E-state index contributed by atoms with van der Waals surface area (Å²) in [7, 11) is 0. The van der Waals surface area contributed by atoms with E-state index < -0.39 is 0 Å². The maximum atomic E-state index is 12.8. The number of benzene rings is 2. The van der Waals surface area contributed by atoms with Gasteiger partial charge < -0.3 is 5.32 Å². The molecule has 0 bridgehead atoms. The molecule has 0 aliphatic rings. The molecule has 0 radical (unpaired) electrons. The summed E-state index contributed by atoms with van der Waals surface area (Å²) in [5.74, 6) is -0.253. The minimum absolute atomic E-state index is 0.0329. The number of rotatable bonds is 4. The van der Waals surface area contributed by atoms with Gasteiger partial charge in [-0.3, -0.25) is 4.79 Å². The van der Waals surface area contributed by atoms with Gasteiger partial charge in [0, 0.05) is 11.3 Å². The Morgan fingerprint density at radius 1 is 1.11 bits per heavy atom. The van der Waals surface area contributed by atoms with Crippen LogP contribution >= 0.6 is 0 Å². The second kappa shape index (κ2) is 5.65. The van der Waals surface area contributed by atoms with Gasteiger partial charge in [0.2, 0.25) is 0 Å². The molecule has 2 aromatic rings. The fraction of sp³-hybridized carbons (Fsp3) is 0.188. The molecule has 0 atom stereocenters. The fourth-order valence-corrected chi connectivity index (χ4v) is 1.88. The van der Waals surface area contributed by atoms with Crippen LogP contribution in [0.4, 0.5) is 10.1 Å². The van der Waals surface area contributed by atoms with Gasteiger partial charge in [0.05, 0.1) is 6.54 Å². The van der Waals surface area contributed by atoms with Crippen LogP contribution in [0.2, 0.25) is 0 Å². The van der Waals surface area contributed by atoms with Crippen molar-refractivity contribution in [1.82, 2.24) is 0 Å². The average Bonchev–Trinajstić information content (AvgIpc) is 2.40. The van der Waals surface area contributed by atoms with Crippen molar-refractivity contribution in [3.05, 3.63) is 65.0 Å². The first-order chi connectivity index (χ1) is 9.06. The van der Waals surface area contributed by atoms with E-state index in [1.54, 1.807) is 12.1 Å². The number of anilines is 1. The molecular weight excluding hydrogens is 241 g/mol. The van der Waals surface area contributed by atoms with E-state index in [-0.39, 0.29) is 18.1 Å². The zero-order chi connectivity index (χ0) is 13.8. The molecule has 0 heterocycles. The van der Waals surface area contributed by atoms with Crippen molar-refractivity contribution in [1.29, 1.82) is 0 Å². The van der Waals surface area contributed by atoms with Gasteiger partial charge in [0.1, 0.15) is 5.82 Å². The lowest BCUT2D eigenvalue weighted by atomic mass is 10.0. The third kappa shape index (κ3) is 3.41. The first-order valence-corrected chi connectivity index (χ1v) is 6.16. The van der Waals surface area contributed by atoms with E-state index >= 15 is 0 Å². The van der Waals surface area contributed by atoms with E-state index in [0.717, 1.165) is 22.4 Å². The van der Waals surface area contributed by atoms with Crippen molar-refractivity contribution in [2.75, 3.05) is 11.9 Å². The first-order valence-electron chi connectivity index (χ1n) is 6.16. The third-order valence-electron chi connectivity index (χ3n) is 2.99. The molecule has 0 spiro atoms. The molecule has 0 fully saturated rings. The van der Waals surface area contributed by atoms with Gasteiger partial charge >= 0.3 is 0 Å². The summed E-state index contributed by atoms with van der Waals surface area (Å²) < 4.78 is 12.8. The molecule has 19 heavy (non-hydrogen) atoms. The van der Waals surface area contributed by atoms with Gasteiger partial charge in [0.15, 0.2) is 5.78 Å². The average molecular weight is 257 g/mol. The van der Waals surface area contributed by atoms with Crippen molar-refractivity contribution >= 4 is 11.5 Å². The van der Waals surface area contributed by atoms with Gasteiger partial charge in [-0.25, -0.2) is 4.39 Å². The third-order valence-corrected chi connectivity index (χ3v) is 2.99. The van der Waals surface area contributed by atoms with Gasteiger partial charge in [-0.1, -0.05) is 17.7 Å². The van der Waals surface area contributed by atoms with Crippen LogP contribution in [0.3, 0.4) is 0 Å². The topological polar surface area (TPSA) is 29.1 Å². The smallest absolute Gasteiger partial charge is 0.182 e. The number of aryl methyl sites for hydroxylation is 2. The molecular formula is C16H16FNO. The lowest BCUT2D eigenvalue weighted by molar-refractivity contribution is 0.101. The van der Waals surface area contributed by atoms with Crippen molar-refractivity contribution in [2.24, 2.45) is 0 Å². The highest BCUT2D eigenvalue weighted by Gasteiger charge is 2.09. The number of ketones is 1. The zero-order valence-electron chi connectivity index (χ0n) is 11.0. The molecule has 0 saturated carbocycles. The monoisotopic (exact) mass is 257 g/mol. The van der Waals surface area contributed by atoms with E-state index in [2.05, 4.69) is 5.32 Å². The SMILES string of the molecule is Cc1ccc(C)c(C(=O)CNc2ccc(F)cc2)c1. The van der Waals surface area contributed by atoms with Crippen LogP contribution < -0.4 is 5.32 Å². The zero-order valence-corrected chi connectivity index (χ0v) is 11.0. The molecule has 0 saturated heterocycles. The van der Waals surface area contributed by atoms with E-state index in [9.17, 15) is 9.18 Å². The molecule has 98 valence electrons. The highest BCUT2D eigenvalue weighted by Crippen LogP contribution is 2.13. The Bertz CT molecular complexity index is 590. The van der Waals surface area contributed by atoms with Crippen molar-refractivity contribution in [2.45, 2.75) is 13.8 Å². The summed E-state index contributed by atoms with van der Waals surface area (Å²) in [6.45, 7) is 4.09. The molecule has 2 rings (SSSR count). The van der Waals surface area contributed by atoms with E-state index in [4.69, 9.17) is 0 Å². The summed E-state index contributed by atoms with van der Waals surface area (Å²) in [5, 5.41) is 3.00. The standard InChI is InChI=1S/C16H16FNO/c1-11-3-4-12(2)15(9-11)16(19)10-18-14-7-5-13(17)6-8-14/h3-9,18H,10H2,1-2H3. The Hall–Kier alpha value is -2.16. The highest BCUT2D eigenvalue weighted by molar-refractivity contribution is 6.00. The van der Waals surface area contributed by atoms with E-state index in [1.165, 1.54) is 12.1 Å². The summed E-state index contributed by atoms with van der Waals surface area (Å²) >= 11 is 0. The van der Waals surface area contributed by atoms with Crippen molar-refractivity contribution < 1.29 is 9.18 Å². The molecule has 0 unspecified atom stereocenters. The molecule has 0 amide bonds. The quantitative estimate of drug-likeness (QED) is 0.845. The molecule has 3 heteroatoms. The number of Topliss-reactive ketones (excluding diaryl/α,β-unsaturated/α-hetero) is 1. The Morgan fingerprint density at radius 2 is 1.79 bits per heavy atom. The summed E-state index contributed by atoms with van der Waals surface area (Å²) in [4.78, 5) is 12.1. The fourth-order valence-electron chi connectivity index (χ4n) is 1.88. The van der Waals surface area contributed by atoms with Gasteiger partial charge in [-0.2, -0.15) is 0 Å². The number of nitrogens with one attached hydrogen (secondary N) is 1. The Kier molecular flexibility index (Phi) is 3.95. The number of hydrogen-bond donors (Lipinski definition) is 1. The maximum absolute atomic E-state index is 12.8. The maximum Gasteiger partial charge on any atom is 0.182 e. The minimum atomic E-state index is -0.286. The molecule has 2 nitrogen and oxygen atoms in total. The highest BCUT2D eigenvalue weighted by atomic mass is 19.1. The predicted octanol–water partition coefficient (Wildman–Crippen LogP) is 3.74. The Morgan fingerprint density at radius 3 is 2.47 bits per heavy atom. The summed E-state index contributed by atoms with van der Waals surface area (Å²) in [6, 6.07) is 11.8. The Balaban J connectivity index is 2.05. The van der Waals surface area contributed by atoms with Crippen LogP contribution in [0.1, 0.15) is 21.5 Å². The van der Waals surface area contributed by atoms with Crippen LogP contribution in [0, 0.1) is 19.7 Å². The van der Waals surface area contributed by atoms with Gasteiger partial charge in [0.25, 0.3) is 0 Å². The predicted molar refractivity (Wildman–Crippen MR) is 75.1 cm³/mol. The largest absolute Gasteiger partial charge is 0.378 e. The number of hydrogen-bond acceptors (Lipinski definition) is 2. The molecule has 0 aliphatic carbocycles. The van der Waals surface area contributed by atoms with Crippen LogP contribution in [0.5, 0.6) is 0 Å². The normalized spacial score (nSPS) is 10.3. The van der Waals surface area contributed by atoms with Crippen molar-refractivity contribution in [3.8, 4) is 0 Å².